The Hall–Kier alpha value is 0.650. The normalized spacial score (nSPS) is 10.7. The number of likely N-dealkylation sites (N-methyl/N-ethyl adjacent to an activating group) is 1. The van der Waals surface area contributed by atoms with Crippen molar-refractivity contribution < 1.29 is 5.11 Å². The number of nitrogens with zero attached hydrogens (tertiary/aromatic N) is 1. The van der Waals surface area contributed by atoms with Gasteiger partial charge in [0, 0.05) is 11.0 Å². The molecule has 0 fully saturated rings. The molecule has 0 saturated carbocycles. The first-order valence-corrected chi connectivity index (χ1v) is 4.69. The molecule has 0 aliphatic carbocycles. The van der Waals surface area contributed by atoms with Crippen LogP contribution in [-0.4, -0.2) is 41.2 Å². The highest BCUT2D eigenvalue weighted by Gasteiger charge is 1.93. The van der Waals surface area contributed by atoms with Crippen LogP contribution in [0.2, 0.25) is 0 Å². The number of aliphatic hydroxyl groups excluding tert-OH is 1. The van der Waals surface area contributed by atoms with E-state index < -0.39 is 0 Å². The van der Waals surface area contributed by atoms with Crippen LogP contribution in [0.25, 0.3) is 0 Å². The molecular weight excluding hydrogens is 229 g/mol. The number of aliphatic hydroxyl groups is 1. The maximum atomic E-state index is 8.49. The number of hydrogen-bond donors (Lipinski definition) is 1. The van der Waals surface area contributed by atoms with Crippen molar-refractivity contribution in [2.75, 3.05) is 31.2 Å². The third-order valence-corrected chi connectivity index (χ3v) is 1.92. The van der Waals surface area contributed by atoms with Gasteiger partial charge in [0.15, 0.2) is 0 Å². The van der Waals surface area contributed by atoms with Crippen LogP contribution in [0.4, 0.5) is 0 Å². The standard InChI is InChI=1S/C6H14INO/c1-8(5-6-9)4-2-3-7/h9H,2-6H2,1H3. The fourth-order valence-corrected chi connectivity index (χ4v) is 0.953. The Bertz CT molecular complexity index is 61.0. The van der Waals surface area contributed by atoms with Crippen molar-refractivity contribution in [2.45, 2.75) is 6.42 Å². The Labute approximate surface area is 70.4 Å². The Morgan fingerprint density at radius 3 is 2.56 bits per heavy atom. The van der Waals surface area contributed by atoms with Gasteiger partial charge >= 0.3 is 0 Å². The molecule has 0 aliphatic heterocycles. The van der Waals surface area contributed by atoms with E-state index in [1.54, 1.807) is 0 Å². The summed E-state index contributed by atoms with van der Waals surface area (Å²) in [5.74, 6) is 0. The van der Waals surface area contributed by atoms with Crippen molar-refractivity contribution in [3.05, 3.63) is 0 Å². The second-order valence-corrected chi connectivity index (χ2v) is 3.15. The molecule has 0 unspecified atom stereocenters. The van der Waals surface area contributed by atoms with Gasteiger partial charge in [0.1, 0.15) is 0 Å². The average molecular weight is 243 g/mol. The second-order valence-electron chi connectivity index (χ2n) is 2.07. The lowest BCUT2D eigenvalue weighted by molar-refractivity contribution is 0.222. The maximum absolute atomic E-state index is 8.49. The van der Waals surface area contributed by atoms with Crippen molar-refractivity contribution in [2.24, 2.45) is 0 Å². The predicted octanol–water partition coefficient (Wildman–Crippen LogP) is 0.736. The monoisotopic (exact) mass is 243 g/mol. The fourth-order valence-electron chi connectivity index (χ4n) is 0.612. The molecule has 0 bridgehead atoms. The van der Waals surface area contributed by atoms with E-state index in [1.165, 1.54) is 10.8 Å². The van der Waals surface area contributed by atoms with E-state index in [-0.39, 0.29) is 6.61 Å². The molecule has 0 atom stereocenters. The molecule has 3 heteroatoms. The molecule has 1 N–H and O–H groups in total. The molecule has 0 saturated heterocycles. The highest BCUT2D eigenvalue weighted by atomic mass is 127. The van der Waals surface area contributed by atoms with Gasteiger partial charge in [-0.2, -0.15) is 0 Å². The minimum atomic E-state index is 0.276. The molecule has 0 rings (SSSR count). The zero-order chi connectivity index (χ0) is 7.11. The smallest absolute Gasteiger partial charge is 0.0558 e. The van der Waals surface area contributed by atoms with Crippen molar-refractivity contribution in [1.82, 2.24) is 4.90 Å². The van der Waals surface area contributed by atoms with Crippen LogP contribution >= 0.6 is 22.6 Å². The van der Waals surface area contributed by atoms with Crippen LogP contribution < -0.4 is 0 Å². The summed E-state index contributed by atoms with van der Waals surface area (Å²) in [6.07, 6.45) is 1.22. The summed E-state index contributed by atoms with van der Waals surface area (Å²) in [5.41, 5.74) is 0. The topological polar surface area (TPSA) is 23.5 Å². The van der Waals surface area contributed by atoms with Crippen LogP contribution in [0, 0.1) is 0 Å². The van der Waals surface area contributed by atoms with Gasteiger partial charge in [-0.1, -0.05) is 22.6 Å². The maximum Gasteiger partial charge on any atom is 0.0558 e. The fraction of sp³-hybridized carbons (Fsp3) is 1.00. The van der Waals surface area contributed by atoms with Gasteiger partial charge in [0.2, 0.25) is 0 Å². The van der Waals surface area contributed by atoms with Gasteiger partial charge in [-0.15, -0.1) is 0 Å². The molecule has 0 aromatic rings. The van der Waals surface area contributed by atoms with E-state index in [4.69, 9.17) is 5.11 Å². The number of halogens is 1. The van der Waals surface area contributed by atoms with Crippen LogP contribution in [0.1, 0.15) is 6.42 Å². The highest BCUT2D eigenvalue weighted by Crippen LogP contribution is 1.90. The van der Waals surface area contributed by atoms with E-state index in [2.05, 4.69) is 27.5 Å². The summed E-state index contributed by atoms with van der Waals surface area (Å²) in [6, 6.07) is 0. The van der Waals surface area contributed by atoms with Gasteiger partial charge in [0.25, 0.3) is 0 Å². The van der Waals surface area contributed by atoms with Crippen molar-refractivity contribution in [3.8, 4) is 0 Å². The first kappa shape index (κ1) is 9.65. The van der Waals surface area contributed by atoms with E-state index in [1.807, 2.05) is 7.05 Å². The molecule has 0 amide bonds. The van der Waals surface area contributed by atoms with E-state index in [0.29, 0.717) is 0 Å². The first-order valence-electron chi connectivity index (χ1n) is 3.16. The minimum Gasteiger partial charge on any atom is -0.395 e. The largest absolute Gasteiger partial charge is 0.395 e. The van der Waals surface area contributed by atoms with Gasteiger partial charge in [-0.25, -0.2) is 0 Å². The SMILES string of the molecule is CN(CCO)CCCI. The molecule has 0 aromatic carbocycles. The van der Waals surface area contributed by atoms with E-state index in [9.17, 15) is 0 Å². The summed E-state index contributed by atoms with van der Waals surface area (Å²) in [6.45, 7) is 2.18. The van der Waals surface area contributed by atoms with Gasteiger partial charge < -0.3 is 10.0 Å². The number of rotatable bonds is 5. The summed E-state index contributed by atoms with van der Waals surface area (Å²) in [4.78, 5) is 2.14. The Kier molecular flexibility index (Phi) is 7.25. The zero-order valence-electron chi connectivity index (χ0n) is 5.81. The average Bonchev–Trinajstić information content (AvgIpc) is 1.85. The first-order chi connectivity index (χ1) is 4.31. The summed E-state index contributed by atoms with van der Waals surface area (Å²) < 4.78 is 1.20. The van der Waals surface area contributed by atoms with E-state index >= 15 is 0 Å². The Morgan fingerprint density at radius 1 is 1.44 bits per heavy atom. The molecule has 2 nitrogen and oxygen atoms in total. The second kappa shape index (κ2) is 6.77. The van der Waals surface area contributed by atoms with Crippen LogP contribution in [0.3, 0.4) is 0 Å². The minimum absolute atomic E-state index is 0.276. The van der Waals surface area contributed by atoms with Crippen LogP contribution in [0.15, 0.2) is 0 Å². The lowest BCUT2D eigenvalue weighted by Crippen LogP contribution is -2.23. The third-order valence-electron chi connectivity index (χ3n) is 1.16. The van der Waals surface area contributed by atoms with Crippen LogP contribution in [0.5, 0.6) is 0 Å². The molecule has 0 heterocycles. The Balaban J connectivity index is 2.95. The van der Waals surface area contributed by atoms with Gasteiger partial charge in [-0.05, 0) is 20.0 Å². The quantitative estimate of drug-likeness (QED) is 0.568. The van der Waals surface area contributed by atoms with Gasteiger partial charge in [0.05, 0.1) is 6.61 Å². The van der Waals surface area contributed by atoms with Gasteiger partial charge in [-0.3, -0.25) is 0 Å². The molecular formula is C6H14INO. The molecule has 0 spiro atoms. The highest BCUT2D eigenvalue weighted by molar-refractivity contribution is 14.1. The molecule has 0 aromatic heterocycles. The third kappa shape index (κ3) is 6.54. The summed E-state index contributed by atoms with van der Waals surface area (Å²) in [7, 11) is 2.03. The lowest BCUT2D eigenvalue weighted by Gasteiger charge is -2.12. The van der Waals surface area contributed by atoms with Crippen molar-refractivity contribution >= 4 is 22.6 Å². The molecule has 0 radical (unpaired) electrons. The number of alkyl halides is 1. The van der Waals surface area contributed by atoms with Crippen molar-refractivity contribution in [3.63, 3.8) is 0 Å². The Morgan fingerprint density at radius 2 is 2.11 bits per heavy atom. The molecule has 56 valence electrons. The van der Waals surface area contributed by atoms with Crippen LogP contribution in [-0.2, 0) is 0 Å². The predicted molar refractivity (Wildman–Crippen MR) is 48.1 cm³/mol. The molecule has 0 aliphatic rings. The molecule has 9 heavy (non-hydrogen) atoms. The van der Waals surface area contributed by atoms with Crippen molar-refractivity contribution in [1.29, 1.82) is 0 Å². The summed E-state index contributed by atoms with van der Waals surface area (Å²) >= 11 is 2.36. The number of hydrogen-bond acceptors (Lipinski definition) is 2. The van der Waals surface area contributed by atoms with E-state index in [0.717, 1.165) is 13.1 Å². The zero-order valence-corrected chi connectivity index (χ0v) is 7.97. The lowest BCUT2D eigenvalue weighted by atomic mass is 10.4. The summed E-state index contributed by atoms with van der Waals surface area (Å²) in [5, 5.41) is 8.49.